The van der Waals surface area contributed by atoms with Gasteiger partial charge in [-0.05, 0) is 48.4 Å². The predicted octanol–water partition coefficient (Wildman–Crippen LogP) is 2.60. The highest BCUT2D eigenvalue weighted by Gasteiger charge is 2.21. The molecule has 1 atom stereocenters. The molecule has 180 valence electrons. The monoisotopic (exact) mass is 493 g/mol. The number of hydrogen-bond donors (Lipinski definition) is 2. The topological polar surface area (TPSA) is 129 Å². The maximum atomic E-state index is 13.3. The van der Waals surface area contributed by atoms with E-state index in [1.165, 1.54) is 4.80 Å². The van der Waals surface area contributed by atoms with Crippen molar-refractivity contribution in [1.29, 1.82) is 0 Å². The van der Waals surface area contributed by atoms with Crippen LogP contribution < -0.4 is 10.9 Å². The first-order chi connectivity index (χ1) is 16.8. The van der Waals surface area contributed by atoms with Gasteiger partial charge in [-0.25, -0.2) is 9.67 Å². The number of nitrogens with zero attached hydrogens (tertiary/aromatic N) is 8. The van der Waals surface area contributed by atoms with Gasteiger partial charge in [0, 0.05) is 29.2 Å². The van der Waals surface area contributed by atoms with Gasteiger partial charge >= 0.3 is 0 Å². The van der Waals surface area contributed by atoms with Crippen molar-refractivity contribution < 1.29 is 5.11 Å². The number of aromatic nitrogens is 8. The summed E-state index contributed by atoms with van der Waals surface area (Å²) < 4.78 is 3.24. The summed E-state index contributed by atoms with van der Waals surface area (Å²) in [7, 11) is 3.40. The maximum Gasteiger partial charge on any atom is 0.259 e. The molecule has 1 unspecified atom stereocenters. The molecule has 5 rings (SSSR count). The van der Waals surface area contributed by atoms with E-state index < -0.39 is 0 Å². The van der Waals surface area contributed by atoms with Gasteiger partial charge in [0.25, 0.3) is 5.56 Å². The fraction of sp³-hybridized carbons (Fsp3) is 0.304. The first-order valence-corrected chi connectivity index (χ1v) is 11.4. The molecular formula is C23H24ClN9O2. The number of aliphatic hydroxyl groups is 1. The van der Waals surface area contributed by atoms with E-state index >= 15 is 0 Å². The summed E-state index contributed by atoms with van der Waals surface area (Å²) >= 11 is 6.17. The summed E-state index contributed by atoms with van der Waals surface area (Å²) in [4.78, 5) is 19.1. The van der Waals surface area contributed by atoms with Crippen molar-refractivity contribution in [2.24, 2.45) is 14.1 Å². The molecular weight excluding hydrogens is 470 g/mol. The number of rotatable bonds is 6. The molecule has 4 aromatic heterocycles. The second kappa shape index (κ2) is 8.75. The molecule has 2 N–H and O–H groups in total. The van der Waals surface area contributed by atoms with Crippen molar-refractivity contribution in [1.82, 2.24) is 39.5 Å². The van der Waals surface area contributed by atoms with Gasteiger partial charge in [0.2, 0.25) is 5.82 Å². The number of anilines is 1. The van der Waals surface area contributed by atoms with Crippen LogP contribution in [0.15, 0.2) is 35.3 Å². The lowest BCUT2D eigenvalue weighted by molar-refractivity contribution is 0.271. The first kappa shape index (κ1) is 22.9. The quantitative estimate of drug-likeness (QED) is 0.345. The zero-order chi connectivity index (χ0) is 24.9. The van der Waals surface area contributed by atoms with E-state index in [2.05, 4.69) is 36.9 Å². The van der Waals surface area contributed by atoms with Crippen molar-refractivity contribution in [3.8, 4) is 11.5 Å². The number of aliphatic hydroxyl groups excluding tert-OH is 1. The third-order valence-electron chi connectivity index (χ3n) is 5.98. The van der Waals surface area contributed by atoms with Gasteiger partial charge in [-0.3, -0.25) is 9.36 Å². The summed E-state index contributed by atoms with van der Waals surface area (Å²) in [6, 6.07) is 7.25. The minimum atomic E-state index is -0.229. The van der Waals surface area contributed by atoms with Gasteiger partial charge < -0.3 is 10.4 Å². The average Bonchev–Trinajstić information content (AvgIpc) is 3.44. The Kier molecular flexibility index (Phi) is 5.73. The van der Waals surface area contributed by atoms with Gasteiger partial charge in [-0.1, -0.05) is 17.7 Å². The molecule has 0 aliphatic carbocycles. The molecule has 0 radical (unpaired) electrons. The van der Waals surface area contributed by atoms with E-state index in [4.69, 9.17) is 11.6 Å². The molecule has 0 bridgehead atoms. The Bertz CT molecular complexity index is 1640. The Balaban J connectivity index is 1.69. The summed E-state index contributed by atoms with van der Waals surface area (Å²) in [5.74, 6) is 0.348. The van der Waals surface area contributed by atoms with Crippen LogP contribution >= 0.6 is 11.6 Å². The lowest BCUT2D eigenvalue weighted by Gasteiger charge is -2.21. The number of tetrazole rings is 1. The molecule has 12 heteroatoms. The lowest BCUT2D eigenvalue weighted by atomic mass is 9.95. The Hall–Kier alpha value is -3.83. The summed E-state index contributed by atoms with van der Waals surface area (Å²) in [5, 5.41) is 32.2. The molecule has 5 aromatic rings. The zero-order valence-electron chi connectivity index (χ0n) is 19.7. The summed E-state index contributed by atoms with van der Waals surface area (Å²) in [5.41, 5.74) is 3.59. The van der Waals surface area contributed by atoms with E-state index in [0.717, 1.165) is 21.9 Å². The molecule has 1 aromatic carbocycles. The van der Waals surface area contributed by atoms with E-state index in [1.807, 2.05) is 26.0 Å². The normalized spacial score (nSPS) is 12.5. The maximum absolute atomic E-state index is 13.3. The van der Waals surface area contributed by atoms with Crippen molar-refractivity contribution in [3.63, 3.8) is 0 Å². The molecule has 0 amide bonds. The Morgan fingerprint density at radius 1 is 1.20 bits per heavy atom. The fourth-order valence-corrected chi connectivity index (χ4v) is 4.63. The van der Waals surface area contributed by atoms with E-state index in [0.29, 0.717) is 39.9 Å². The SMILES string of the molecule is Cc1cc(C(C)Nc2ccc(Cl)nc2-c2nnn(C)n2)c2c(c1)c(=O)n(C)c1c2cnn1CCO. The van der Waals surface area contributed by atoms with Crippen LogP contribution in [0.25, 0.3) is 33.3 Å². The molecule has 11 nitrogen and oxygen atoms in total. The van der Waals surface area contributed by atoms with Crippen molar-refractivity contribution in [2.75, 3.05) is 11.9 Å². The van der Waals surface area contributed by atoms with Crippen LogP contribution in [0.1, 0.15) is 24.1 Å². The minimum absolute atomic E-state index is 0.0789. The van der Waals surface area contributed by atoms with Crippen LogP contribution in [0.4, 0.5) is 5.69 Å². The van der Waals surface area contributed by atoms with Crippen molar-refractivity contribution in [3.05, 3.63) is 57.1 Å². The van der Waals surface area contributed by atoms with E-state index in [9.17, 15) is 9.90 Å². The first-order valence-electron chi connectivity index (χ1n) is 11.1. The highest BCUT2D eigenvalue weighted by atomic mass is 35.5. The summed E-state index contributed by atoms with van der Waals surface area (Å²) in [6.07, 6.45) is 1.75. The molecule has 0 aliphatic rings. The van der Waals surface area contributed by atoms with Crippen LogP contribution in [0, 0.1) is 6.92 Å². The third-order valence-corrected chi connectivity index (χ3v) is 6.19. The van der Waals surface area contributed by atoms with Gasteiger partial charge in [0.05, 0.1) is 32.1 Å². The average molecular weight is 494 g/mol. The number of aryl methyl sites for hydroxylation is 3. The van der Waals surface area contributed by atoms with Gasteiger partial charge in [-0.15, -0.1) is 10.2 Å². The number of hydrogen-bond acceptors (Lipinski definition) is 8. The van der Waals surface area contributed by atoms with Gasteiger partial charge in [0.15, 0.2) is 0 Å². The van der Waals surface area contributed by atoms with Crippen LogP contribution in [-0.2, 0) is 20.6 Å². The highest BCUT2D eigenvalue weighted by molar-refractivity contribution is 6.29. The third kappa shape index (κ3) is 3.92. The van der Waals surface area contributed by atoms with Crippen molar-refractivity contribution >= 4 is 39.1 Å². The molecule has 0 saturated heterocycles. The number of benzene rings is 1. The van der Waals surface area contributed by atoms with Crippen LogP contribution in [0.3, 0.4) is 0 Å². The van der Waals surface area contributed by atoms with E-state index in [1.54, 1.807) is 35.6 Å². The summed E-state index contributed by atoms with van der Waals surface area (Å²) in [6.45, 7) is 4.19. The number of halogens is 1. The number of fused-ring (bicyclic) bond motifs is 3. The standard InChI is InChI=1S/C23H24ClN9O2/c1-12-9-14(13(2)26-17-5-6-18(24)27-20(17)21-28-30-32(4)29-21)19-15(10-12)23(35)31(3)22-16(19)11-25-33(22)7-8-34/h5-6,9-11,13,26,34H,7-8H2,1-4H3. The second-order valence-corrected chi connectivity index (χ2v) is 8.86. The Morgan fingerprint density at radius 2 is 2.00 bits per heavy atom. The largest absolute Gasteiger partial charge is 0.394 e. The van der Waals surface area contributed by atoms with Crippen LogP contribution in [-0.4, -0.2) is 51.3 Å². The van der Waals surface area contributed by atoms with Gasteiger partial charge in [0.1, 0.15) is 16.5 Å². The lowest BCUT2D eigenvalue weighted by Crippen LogP contribution is -2.21. The van der Waals surface area contributed by atoms with Crippen LogP contribution in [0.2, 0.25) is 5.15 Å². The second-order valence-electron chi connectivity index (χ2n) is 8.47. The van der Waals surface area contributed by atoms with Crippen molar-refractivity contribution in [2.45, 2.75) is 26.4 Å². The molecule has 0 aliphatic heterocycles. The molecule has 35 heavy (non-hydrogen) atoms. The minimum Gasteiger partial charge on any atom is -0.394 e. The molecule has 0 fully saturated rings. The van der Waals surface area contributed by atoms with E-state index in [-0.39, 0.29) is 18.2 Å². The van der Waals surface area contributed by atoms with Gasteiger partial charge in [-0.2, -0.15) is 9.90 Å². The zero-order valence-corrected chi connectivity index (χ0v) is 20.4. The molecule has 0 spiro atoms. The molecule has 0 saturated carbocycles. The number of nitrogens with one attached hydrogen (secondary N) is 1. The predicted molar refractivity (Wildman–Crippen MR) is 133 cm³/mol. The molecule has 4 heterocycles. The highest BCUT2D eigenvalue weighted by Crippen LogP contribution is 2.34. The Morgan fingerprint density at radius 3 is 2.71 bits per heavy atom. The smallest absolute Gasteiger partial charge is 0.259 e. The number of pyridine rings is 2. The fourth-order valence-electron chi connectivity index (χ4n) is 4.48. The Labute approximate surface area is 205 Å². The van der Waals surface area contributed by atoms with Crippen LogP contribution in [0.5, 0.6) is 0 Å².